The Morgan fingerprint density at radius 2 is 1.22 bits per heavy atom. The van der Waals surface area contributed by atoms with Gasteiger partial charge < -0.3 is 0 Å². The van der Waals surface area contributed by atoms with Crippen LogP contribution in [0.15, 0.2) is 48.5 Å². The molecule has 18 heavy (non-hydrogen) atoms. The molecule has 0 saturated carbocycles. The fourth-order valence-electron chi connectivity index (χ4n) is 1.45. The van der Waals surface area contributed by atoms with Crippen molar-refractivity contribution in [2.75, 3.05) is 0 Å². The van der Waals surface area contributed by atoms with Crippen molar-refractivity contribution in [3.63, 3.8) is 0 Å². The Kier molecular flexibility index (Phi) is 3.99. The first-order chi connectivity index (χ1) is 8.45. The first-order valence-corrected chi connectivity index (χ1v) is 7.70. The van der Waals surface area contributed by atoms with Gasteiger partial charge in [0.05, 0.1) is 0 Å². The van der Waals surface area contributed by atoms with E-state index in [0.29, 0.717) is 0 Å². The Morgan fingerprint density at radius 3 is 1.67 bits per heavy atom. The number of aryl methyl sites for hydroxylation is 1. The topological polar surface area (TPSA) is 0 Å². The van der Waals surface area contributed by atoms with Gasteiger partial charge in [0.1, 0.15) is 0 Å². The van der Waals surface area contributed by atoms with Crippen molar-refractivity contribution >= 4 is 28.1 Å². The van der Waals surface area contributed by atoms with Gasteiger partial charge in [0, 0.05) is 0 Å². The van der Waals surface area contributed by atoms with Crippen LogP contribution in [0.5, 0.6) is 0 Å². The molecule has 4 heteroatoms. The fraction of sp³-hybridized carbons (Fsp3) is 0.143. The molecule has 0 saturated heterocycles. The minimum atomic E-state index is -4.25. The first-order valence-electron chi connectivity index (χ1n) is 5.37. The van der Waals surface area contributed by atoms with E-state index in [0.717, 1.165) is 15.7 Å². The Labute approximate surface area is 114 Å². The van der Waals surface area contributed by atoms with E-state index in [1.165, 1.54) is 9.17 Å². The molecule has 0 fully saturated rings. The fourth-order valence-corrected chi connectivity index (χ4v) is 3.78. The zero-order chi connectivity index (χ0) is 13.2. The van der Waals surface area contributed by atoms with Crippen molar-refractivity contribution in [1.29, 1.82) is 0 Å². The molecule has 2 aromatic carbocycles. The minimum absolute atomic E-state index is 0.581. The SMILES string of the molecule is Cc1ccc([Te]c2ccc(C(F)(F)F)cc2)cc1. The van der Waals surface area contributed by atoms with Crippen LogP contribution in [0, 0.1) is 6.92 Å². The van der Waals surface area contributed by atoms with Crippen molar-refractivity contribution in [3.05, 3.63) is 59.7 Å². The number of rotatable bonds is 2. The summed E-state index contributed by atoms with van der Waals surface area (Å²) in [7, 11) is 0. The van der Waals surface area contributed by atoms with Crippen molar-refractivity contribution in [2.24, 2.45) is 0 Å². The molecule has 0 heterocycles. The van der Waals surface area contributed by atoms with E-state index < -0.39 is 32.7 Å². The molecule has 0 aliphatic rings. The Bertz CT molecular complexity index is 512. The normalized spacial score (nSPS) is 11.6. The molecule has 94 valence electrons. The molecule has 0 amide bonds. The van der Waals surface area contributed by atoms with Gasteiger partial charge in [-0.3, -0.25) is 0 Å². The molecule has 2 aromatic rings. The Balaban J connectivity index is 2.13. The summed E-state index contributed by atoms with van der Waals surface area (Å²) in [6, 6.07) is 13.7. The van der Waals surface area contributed by atoms with E-state index in [1.807, 2.05) is 19.1 Å². The zero-order valence-electron chi connectivity index (χ0n) is 9.66. The Hall–Kier alpha value is -0.980. The molecule has 0 bridgehead atoms. The molecular weight excluding hydrogens is 353 g/mol. The quantitative estimate of drug-likeness (QED) is 0.720. The van der Waals surface area contributed by atoms with Crippen LogP contribution in [0.4, 0.5) is 13.2 Å². The monoisotopic (exact) mass is 366 g/mol. The predicted octanol–water partition coefficient (Wildman–Crippen LogP) is 2.67. The van der Waals surface area contributed by atoms with Gasteiger partial charge in [0.2, 0.25) is 0 Å². The van der Waals surface area contributed by atoms with Crippen LogP contribution < -0.4 is 7.22 Å². The standard InChI is InChI=1S/C14H11F3Te/c1-10-2-6-12(7-3-10)18-13-8-4-11(5-9-13)14(15,16)17/h2-9H,1H3. The number of hydrogen-bond acceptors (Lipinski definition) is 0. The van der Waals surface area contributed by atoms with Gasteiger partial charge in [-0.1, -0.05) is 0 Å². The van der Waals surface area contributed by atoms with E-state index in [4.69, 9.17) is 0 Å². The second-order valence-electron chi connectivity index (χ2n) is 3.94. The van der Waals surface area contributed by atoms with Crippen LogP contribution in [-0.4, -0.2) is 20.9 Å². The van der Waals surface area contributed by atoms with Gasteiger partial charge in [-0.05, 0) is 0 Å². The maximum absolute atomic E-state index is 12.4. The third kappa shape index (κ3) is 3.51. The average molecular weight is 364 g/mol. The van der Waals surface area contributed by atoms with Crippen molar-refractivity contribution in [2.45, 2.75) is 13.1 Å². The second kappa shape index (κ2) is 5.34. The van der Waals surface area contributed by atoms with Crippen LogP contribution in [-0.2, 0) is 6.18 Å². The van der Waals surface area contributed by atoms with Crippen LogP contribution >= 0.6 is 0 Å². The van der Waals surface area contributed by atoms with Gasteiger partial charge in [-0.2, -0.15) is 0 Å². The Morgan fingerprint density at radius 1 is 0.778 bits per heavy atom. The molecule has 0 radical (unpaired) electrons. The van der Waals surface area contributed by atoms with Gasteiger partial charge in [-0.25, -0.2) is 0 Å². The van der Waals surface area contributed by atoms with E-state index in [-0.39, 0.29) is 0 Å². The summed E-state index contributed by atoms with van der Waals surface area (Å²) >= 11 is -0.592. The first kappa shape index (κ1) is 13.5. The molecule has 0 aliphatic carbocycles. The van der Waals surface area contributed by atoms with E-state index >= 15 is 0 Å². The summed E-state index contributed by atoms with van der Waals surface area (Å²) in [4.78, 5) is 0. The summed E-state index contributed by atoms with van der Waals surface area (Å²) in [6.07, 6.45) is -4.25. The van der Waals surface area contributed by atoms with Crippen LogP contribution in [0.3, 0.4) is 0 Å². The van der Waals surface area contributed by atoms with Crippen molar-refractivity contribution < 1.29 is 13.2 Å². The van der Waals surface area contributed by atoms with Crippen LogP contribution in [0.25, 0.3) is 0 Å². The maximum atomic E-state index is 12.4. The summed E-state index contributed by atoms with van der Waals surface area (Å²) in [6.45, 7) is 2.02. The van der Waals surface area contributed by atoms with Gasteiger partial charge >= 0.3 is 114 Å². The molecule has 2 rings (SSSR count). The summed E-state index contributed by atoms with van der Waals surface area (Å²) in [5.41, 5.74) is 0.612. The average Bonchev–Trinajstić information content (AvgIpc) is 2.32. The molecular formula is C14H11F3Te. The number of benzene rings is 2. The molecule has 0 aliphatic heterocycles. The molecule has 0 atom stereocenters. The van der Waals surface area contributed by atoms with Gasteiger partial charge in [0.15, 0.2) is 0 Å². The number of halogens is 3. The van der Waals surface area contributed by atoms with E-state index in [9.17, 15) is 13.2 Å². The van der Waals surface area contributed by atoms with E-state index in [2.05, 4.69) is 12.1 Å². The molecule has 0 N–H and O–H groups in total. The third-order valence-electron chi connectivity index (χ3n) is 2.44. The summed E-state index contributed by atoms with van der Waals surface area (Å²) in [5, 5.41) is 0. The van der Waals surface area contributed by atoms with Gasteiger partial charge in [-0.15, -0.1) is 0 Å². The number of alkyl halides is 3. The van der Waals surface area contributed by atoms with E-state index in [1.54, 1.807) is 12.1 Å². The van der Waals surface area contributed by atoms with Crippen molar-refractivity contribution in [1.82, 2.24) is 0 Å². The zero-order valence-corrected chi connectivity index (χ0v) is 12.0. The number of hydrogen-bond donors (Lipinski definition) is 0. The molecule has 0 spiro atoms. The second-order valence-corrected chi connectivity index (χ2v) is 7.21. The van der Waals surface area contributed by atoms with Crippen LogP contribution in [0.2, 0.25) is 0 Å². The molecule has 0 unspecified atom stereocenters. The third-order valence-corrected chi connectivity index (χ3v) is 5.34. The summed E-state index contributed by atoms with van der Waals surface area (Å²) < 4.78 is 39.4. The van der Waals surface area contributed by atoms with Gasteiger partial charge in [0.25, 0.3) is 0 Å². The molecule has 0 nitrogen and oxygen atoms in total. The predicted molar refractivity (Wildman–Crippen MR) is 67.6 cm³/mol. The summed E-state index contributed by atoms with van der Waals surface area (Å²) in [5.74, 6) is 0. The molecule has 0 aromatic heterocycles. The van der Waals surface area contributed by atoms with Crippen LogP contribution in [0.1, 0.15) is 11.1 Å². The van der Waals surface area contributed by atoms with Crippen molar-refractivity contribution in [3.8, 4) is 0 Å².